The Balaban J connectivity index is 1.94. The van der Waals surface area contributed by atoms with Gasteiger partial charge in [0.15, 0.2) is 0 Å². The second-order valence-corrected chi connectivity index (χ2v) is 5.99. The van der Waals surface area contributed by atoms with Crippen LogP contribution in [0.4, 0.5) is 4.39 Å². The minimum absolute atomic E-state index is 0.0447. The smallest absolute Gasteiger partial charge is 0.307 e. The molecule has 2 aromatic rings. The molecular formula is C20H24FNO2. The summed E-state index contributed by atoms with van der Waals surface area (Å²) in [6.45, 7) is 2.88. The van der Waals surface area contributed by atoms with E-state index in [1.165, 1.54) is 6.07 Å². The molecule has 0 saturated heterocycles. The molecule has 0 bridgehead atoms. The summed E-state index contributed by atoms with van der Waals surface area (Å²) in [7, 11) is 0. The van der Waals surface area contributed by atoms with Crippen LogP contribution in [0, 0.1) is 5.82 Å². The van der Waals surface area contributed by atoms with E-state index in [1.807, 2.05) is 30.3 Å². The molecule has 2 N–H and O–H groups in total. The van der Waals surface area contributed by atoms with E-state index in [1.54, 1.807) is 12.1 Å². The summed E-state index contributed by atoms with van der Waals surface area (Å²) in [4.78, 5) is 10.8. The van der Waals surface area contributed by atoms with Gasteiger partial charge in [0.05, 0.1) is 6.42 Å². The van der Waals surface area contributed by atoms with E-state index in [4.69, 9.17) is 5.11 Å². The molecule has 128 valence electrons. The highest BCUT2D eigenvalue weighted by molar-refractivity contribution is 5.70. The van der Waals surface area contributed by atoms with Crippen LogP contribution in [-0.4, -0.2) is 17.6 Å². The maximum Gasteiger partial charge on any atom is 0.307 e. The number of carboxylic acid groups (broad SMARTS) is 1. The molecule has 0 aliphatic carbocycles. The first-order chi connectivity index (χ1) is 11.6. The van der Waals surface area contributed by atoms with Gasteiger partial charge in [-0.25, -0.2) is 4.39 Å². The molecule has 0 aromatic heterocycles. The first kappa shape index (κ1) is 18.1. The van der Waals surface area contributed by atoms with Gasteiger partial charge in [0.25, 0.3) is 0 Å². The molecule has 1 atom stereocenters. The Morgan fingerprint density at radius 1 is 1.17 bits per heavy atom. The first-order valence-corrected chi connectivity index (χ1v) is 8.37. The Bertz CT molecular complexity index is 672. The van der Waals surface area contributed by atoms with Crippen molar-refractivity contribution < 1.29 is 14.3 Å². The maximum atomic E-state index is 13.4. The van der Waals surface area contributed by atoms with Gasteiger partial charge in [-0.05, 0) is 48.2 Å². The van der Waals surface area contributed by atoms with Crippen LogP contribution in [0.2, 0.25) is 0 Å². The summed E-state index contributed by atoms with van der Waals surface area (Å²) in [6, 6.07) is 14.5. The Labute approximate surface area is 142 Å². The summed E-state index contributed by atoms with van der Waals surface area (Å²) in [6.07, 6.45) is 2.82. The van der Waals surface area contributed by atoms with Gasteiger partial charge in [0.2, 0.25) is 0 Å². The van der Waals surface area contributed by atoms with Crippen LogP contribution >= 0.6 is 0 Å². The number of hydrogen-bond acceptors (Lipinski definition) is 2. The molecule has 2 aromatic carbocycles. The van der Waals surface area contributed by atoms with Gasteiger partial charge in [0, 0.05) is 6.04 Å². The minimum Gasteiger partial charge on any atom is -0.481 e. The second-order valence-electron chi connectivity index (χ2n) is 5.99. The van der Waals surface area contributed by atoms with Crippen molar-refractivity contribution in [1.29, 1.82) is 0 Å². The van der Waals surface area contributed by atoms with Crippen molar-refractivity contribution in [2.45, 2.75) is 38.6 Å². The van der Waals surface area contributed by atoms with Gasteiger partial charge in [-0.1, -0.05) is 49.7 Å². The number of rotatable bonds is 9. The van der Waals surface area contributed by atoms with Crippen LogP contribution in [0.5, 0.6) is 0 Å². The van der Waals surface area contributed by atoms with Gasteiger partial charge < -0.3 is 10.4 Å². The Morgan fingerprint density at radius 3 is 2.62 bits per heavy atom. The fourth-order valence-corrected chi connectivity index (χ4v) is 2.86. The SMILES string of the molecule is CCCC(NCCc1cccc(CC(=O)O)c1)c1cccc(F)c1. The van der Waals surface area contributed by atoms with Crippen molar-refractivity contribution in [3.63, 3.8) is 0 Å². The number of aliphatic carboxylic acids is 1. The van der Waals surface area contributed by atoms with E-state index >= 15 is 0 Å². The third-order valence-electron chi connectivity index (χ3n) is 3.98. The molecule has 0 amide bonds. The van der Waals surface area contributed by atoms with Crippen LogP contribution in [0.15, 0.2) is 48.5 Å². The number of halogens is 1. The largest absolute Gasteiger partial charge is 0.481 e. The third-order valence-corrected chi connectivity index (χ3v) is 3.98. The lowest BCUT2D eigenvalue weighted by Crippen LogP contribution is -2.23. The van der Waals surface area contributed by atoms with Gasteiger partial charge in [-0.15, -0.1) is 0 Å². The van der Waals surface area contributed by atoms with Gasteiger partial charge in [-0.2, -0.15) is 0 Å². The maximum absolute atomic E-state index is 13.4. The summed E-state index contributed by atoms with van der Waals surface area (Å²) < 4.78 is 13.4. The van der Waals surface area contributed by atoms with Crippen molar-refractivity contribution in [2.24, 2.45) is 0 Å². The quantitative estimate of drug-likeness (QED) is 0.727. The van der Waals surface area contributed by atoms with Crippen LogP contribution in [0.25, 0.3) is 0 Å². The van der Waals surface area contributed by atoms with Gasteiger partial charge >= 0.3 is 5.97 Å². The summed E-state index contributed by atoms with van der Waals surface area (Å²) in [5.41, 5.74) is 2.89. The normalized spacial score (nSPS) is 12.1. The molecule has 0 spiro atoms. The molecule has 3 nitrogen and oxygen atoms in total. The molecule has 0 aliphatic heterocycles. The predicted octanol–water partition coefficient (Wildman–Crippen LogP) is 4.13. The van der Waals surface area contributed by atoms with Crippen LogP contribution < -0.4 is 5.32 Å². The van der Waals surface area contributed by atoms with Gasteiger partial charge in [0.1, 0.15) is 5.82 Å². The Morgan fingerprint density at radius 2 is 1.92 bits per heavy atom. The van der Waals surface area contributed by atoms with E-state index < -0.39 is 5.97 Å². The molecule has 0 aliphatic rings. The van der Waals surface area contributed by atoms with Crippen molar-refractivity contribution in [2.75, 3.05) is 6.54 Å². The molecule has 24 heavy (non-hydrogen) atoms. The highest BCUT2D eigenvalue weighted by Crippen LogP contribution is 2.19. The van der Waals surface area contributed by atoms with Crippen molar-refractivity contribution in [1.82, 2.24) is 5.32 Å². The zero-order chi connectivity index (χ0) is 17.4. The van der Waals surface area contributed by atoms with Crippen LogP contribution in [0.1, 0.15) is 42.5 Å². The molecule has 0 radical (unpaired) electrons. The number of hydrogen-bond donors (Lipinski definition) is 2. The Hall–Kier alpha value is -2.20. The minimum atomic E-state index is -0.820. The highest BCUT2D eigenvalue weighted by Gasteiger charge is 2.10. The summed E-state index contributed by atoms with van der Waals surface area (Å²) in [5, 5.41) is 12.4. The van der Waals surface area contributed by atoms with E-state index in [2.05, 4.69) is 12.2 Å². The first-order valence-electron chi connectivity index (χ1n) is 8.37. The number of carbonyl (C=O) groups is 1. The summed E-state index contributed by atoms with van der Waals surface area (Å²) >= 11 is 0. The van der Waals surface area contributed by atoms with E-state index in [9.17, 15) is 9.18 Å². The monoisotopic (exact) mass is 329 g/mol. The van der Waals surface area contributed by atoms with Crippen molar-refractivity contribution >= 4 is 5.97 Å². The molecule has 1 unspecified atom stereocenters. The zero-order valence-corrected chi connectivity index (χ0v) is 14.0. The van der Waals surface area contributed by atoms with E-state index in [0.29, 0.717) is 0 Å². The highest BCUT2D eigenvalue weighted by atomic mass is 19.1. The van der Waals surface area contributed by atoms with E-state index in [0.717, 1.165) is 42.5 Å². The fraction of sp³-hybridized carbons (Fsp3) is 0.350. The molecule has 0 heterocycles. The zero-order valence-electron chi connectivity index (χ0n) is 14.0. The topological polar surface area (TPSA) is 49.3 Å². The Kier molecular flexibility index (Phi) is 6.94. The standard InChI is InChI=1S/C20H24FNO2/c1-2-5-19(17-8-4-9-18(21)14-17)22-11-10-15-6-3-7-16(12-15)13-20(23)24/h3-4,6-9,12,14,19,22H,2,5,10-11,13H2,1H3,(H,23,24). The average Bonchev–Trinajstić information content (AvgIpc) is 2.54. The second kappa shape index (κ2) is 9.18. The fourth-order valence-electron chi connectivity index (χ4n) is 2.86. The lowest BCUT2D eigenvalue weighted by Gasteiger charge is -2.19. The molecule has 4 heteroatoms. The van der Waals surface area contributed by atoms with Crippen molar-refractivity contribution in [3.05, 3.63) is 71.0 Å². The van der Waals surface area contributed by atoms with Crippen molar-refractivity contribution in [3.8, 4) is 0 Å². The number of benzene rings is 2. The molecule has 0 saturated carbocycles. The van der Waals surface area contributed by atoms with Crippen LogP contribution in [-0.2, 0) is 17.6 Å². The molecular weight excluding hydrogens is 305 g/mol. The number of carboxylic acids is 1. The molecule has 2 rings (SSSR count). The lowest BCUT2D eigenvalue weighted by molar-refractivity contribution is -0.136. The summed E-state index contributed by atoms with van der Waals surface area (Å²) in [5.74, 6) is -1.03. The molecule has 0 fully saturated rings. The van der Waals surface area contributed by atoms with Crippen LogP contribution in [0.3, 0.4) is 0 Å². The third kappa shape index (κ3) is 5.78. The lowest BCUT2D eigenvalue weighted by atomic mass is 10.0. The van der Waals surface area contributed by atoms with E-state index in [-0.39, 0.29) is 18.3 Å². The van der Waals surface area contributed by atoms with Gasteiger partial charge in [-0.3, -0.25) is 4.79 Å². The predicted molar refractivity (Wildman–Crippen MR) is 93.5 cm³/mol. The average molecular weight is 329 g/mol. The number of nitrogens with one attached hydrogen (secondary N) is 1.